The van der Waals surface area contributed by atoms with E-state index in [4.69, 9.17) is 10.8 Å². The van der Waals surface area contributed by atoms with Gasteiger partial charge in [0.2, 0.25) is 5.95 Å². The van der Waals surface area contributed by atoms with E-state index in [2.05, 4.69) is 20.6 Å². The highest BCUT2D eigenvalue weighted by molar-refractivity contribution is 5.93. The molecule has 1 heterocycles. The van der Waals surface area contributed by atoms with Crippen molar-refractivity contribution in [3.8, 4) is 0 Å². The van der Waals surface area contributed by atoms with E-state index in [9.17, 15) is 9.59 Å². The largest absolute Gasteiger partial charge is 0.477 e. The summed E-state index contributed by atoms with van der Waals surface area (Å²) in [6.07, 6.45) is 6.43. The first-order valence-electron chi connectivity index (χ1n) is 6.49. The van der Waals surface area contributed by atoms with E-state index in [1.165, 1.54) is 6.42 Å². The van der Waals surface area contributed by atoms with Crippen molar-refractivity contribution in [2.45, 2.75) is 38.1 Å². The van der Waals surface area contributed by atoms with Crippen LogP contribution in [0.1, 0.15) is 42.5 Å². The molecule has 108 valence electrons. The minimum Gasteiger partial charge on any atom is -0.477 e. The van der Waals surface area contributed by atoms with Crippen LogP contribution in [0.25, 0.3) is 0 Å². The van der Waals surface area contributed by atoms with Crippen LogP contribution >= 0.6 is 0 Å². The Morgan fingerprint density at radius 3 is 2.60 bits per heavy atom. The van der Waals surface area contributed by atoms with Crippen molar-refractivity contribution in [1.29, 1.82) is 0 Å². The Morgan fingerprint density at radius 2 is 2.00 bits per heavy atom. The van der Waals surface area contributed by atoms with E-state index >= 15 is 0 Å². The molecule has 5 N–H and O–H groups in total. The molecule has 0 radical (unpaired) electrons. The number of hydrogen-bond acceptors (Lipinski definition) is 5. The predicted molar refractivity (Wildman–Crippen MR) is 72.4 cm³/mol. The number of hydrogen-bond donors (Lipinski definition) is 4. The van der Waals surface area contributed by atoms with Gasteiger partial charge >= 0.3 is 12.0 Å². The normalized spacial score (nSPS) is 15.6. The Kier molecular flexibility index (Phi) is 4.34. The lowest BCUT2D eigenvalue weighted by Crippen LogP contribution is -2.39. The van der Waals surface area contributed by atoms with Crippen LogP contribution in [0.5, 0.6) is 0 Å². The molecule has 1 aromatic heterocycles. The summed E-state index contributed by atoms with van der Waals surface area (Å²) in [5.74, 6) is -1.40. The Labute approximate surface area is 115 Å². The van der Waals surface area contributed by atoms with Gasteiger partial charge in [0.25, 0.3) is 0 Å². The summed E-state index contributed by atoms with van der Waals surface area (Å²) in [5, 5.41) is 14.1. The number of aromatic carboxylic acids is 1. The molecule has 0 spiro atoms. The molecule has 0 saturated heterocycles. The maximum atomic E-state index is 11.8. The number of carboxylic acids is 1. The fourth-order valence-electron chi connectivity index (χ4n) is 2.19. The average Bonchev–Trinajstić information content (AvgIpc) is 2.39. The second kappa shape index (κ2) is 6.18. The van der Waals surface area contributed by atoms with Crippen molar-refractivity contribution in [1.82, 2.24) is 15.3 Å². The number of anilines is 2. The molecular formula is C12H17N5O3. The monoisotopic (exact) mass is 279 g/mol. The Hall–Kier alpha value is -2.38. The first-order chi connectivity index (χ1) is 9.56. The van der Waals surface area contributed by atoms with Gasteiger partial charge in [0.15, 0.2) is 0 Å². The van der Waals surface area contributed by atoms with E-state index in [0.29, 0.717) is 0 Å². The van der Waals surface area contributed by atoms with Crippen LogP contribution in [0.4, 0.5) is 16.6 Å². The first-order valence-corrected chi connectivity index (χ1v) is 6.49. The number of nitrogens with zero attached hydrogens (tertiary/aromatic N) is 2. The molecule has 8 nitrogen and oxygen atoms in total. The van der Waals surface area contributed by atoms with Crippen LogP contribution in [-0.4, -0.2) is 33.1 Å². The fourth-order valence-corrected chi connectivity index (χ4v) is 2.19. The number of urea groups is 1. The zero-order valence-corrected chi connectivity index (χ0v) is 10.9. The van der Waals surface area contributed by atoms with E-state index in [1.54, 1.807) is 0 Å². The summed E-state index contributed by atoms with van der Waals surface area (Å²) < 4.78 is 0. The second-order valence-corrected chi connectivity index (χ2v) is 4.73. The Balaban J connectivity index is 1.93. The van der Waals surface area contributed by atoms with Gasteiger partial charge in [-0.25, -0.2) is 14.6 Å². The van der Waals surface area contributed by atoms with E-state index in [1.807, 2.05) is 0 Å². The first kappa shape index (κ1) is 14.0. The summed E-state index contributed by atoms with van der Waals surface area (Å²) in [5.41, 5.74) is 5.29. The molecule has 2 rings (SSSR count). The molecule has 1 aliphatic carbocycles. The Bertz CT molecular complexity index is 514. The summed E-state index contributed by atoms with van der Waals surface area (Å²) >= 11 is 0. The predicted octanol–water partition coefficient (Wildman–Crippen LogP) is 1.21. The van der Waals surface area contributed by atoms with Gasteiger partial charge in [-0.15, -0.1) is 0 Å². The number of aromatic nitrogens is 2. The lowest BCUT2D eigenvalue weighted by molar-refractivity contribution is 0.0697. The molecule has 8 heteroatoms. The zero-order chi connectivity index (χ0) is 14.5. The van der Waals surface area contributed by atoms with Crippen molar-refractivity contribution in [3.63, 3.8) is 0 Å². The number of nitrogens with two attached hydrogens (primary N) is 1. The number of amides is 2. The fraction of sp³-hybridized carbons (Fsp3) is 0.500. The minimum absolute atomic E-state index is 0.0131. The van der Waals surface area contributed by atoms with Crippen LogP contribution < -0.4 is 16.4 Å². The summed E-state index contributed by atoms with van der Waals surface area (Å²) in [6, 6.07) is -0.237. The topological polar surface area (TPSA) is 130 Å². The minimum atomic E-state index is -1.21. The van der Waals surface area contributed by atoms with Crippen LogP contribution in [0, 0.1) is 0 Å². The number of nitrogen functional groups attached to an aromatic ring is 1. The van der Waals surface area contributed by atoms with Gasteiger partial charge < -0.3 is 16.2 Å². The van der Waals surface area contributed by atoms with Crippen molar-refractivity contribution in [2.24, 2.45) is 0 Å². The molecule has 2 amide bonds. The molecule has 0 atom stereocenters. The van der Waals surface area contributed by atoms with Crippen LogP contribution in [-0.2, 0) is 0 Å². The van der Waals surface area contributed by atoms with Gasteiger partial charge in [0, 0.05) is 12.2 Å². The van der Waals surface area contributed by atoms with Gasteiger partial charge in [-0.3, -0.25) is 5.32 Å². The molecule has 0 unspecified atom stereocenters. The second-order valence-electron chi connectivity index (χ2n) is 4.73. The maximum absolute atomic E-state index is 11.8. The highest BCUT2D eigenvalue weighted by atomic mass is 16.4. The summed E-state index contributed by atoms with van der Waals surface area (Å²) in [7, 11) is 0. The smallest absolute Gasteiger partial charge is 0.341 e. The third-order valence-electron chi connectivity index (χ3n) is 3.21. The third-order valence-corrected chi connectivity index (χ3v) is 3.21. The van der Waals surface area contributed by atoms with Crippen LogP contribution in [0.15, 0.2) is 6.20 Å². The number of carbonyl (C=O) groups excluding carboxylic acids is 1. The molecule has 1 fully saturated rings. The molecule has 1 saturated carbocycles. The highest BCUT2D eigenvalue weighted by Gasteiger charge is 2.17. The van der Waals surface area contributed by atoms with E-state index < -0.39 is 12.0 Å². The quantitative estimate of drug-likeness (QED) is 0.658. The highest BCUT2D eigenvalue weighted by Crippen LogP contribution is 2.17. The van der Waals surface area contributed by atoms with E-state index in [0.717, 1.165) is 31.9 Å². The lowest BCUT2D eigenvalue weighted by atomic mass is 9.96. The van der Waals surface area contributed by atoms with Crippen molar-refractivity contribution < 1.29 is 14.7 Å². The molecule has 0 aliphatic heterocycles. The van der Waals surface area contributed by atoms with Gasteiger partial charge in [0.1, 0.15) is 11.4 Å². The van der Waals surface area contributed by atoms with Gasteiger partial charge in [-0.05, 0) is 12.8 Å². The number of carbonyl (C=O) groups is 2. The SMILES string of the molecule is Nc1nc(NC(=O)NC2CCCCC2)ncc1C(=O)O. The molecule has 20 heavy (non-hydrogen) atoms. The van der Waals surface area contributed by atoms with Gasteiger partial charge in [0.05, 0.1) is 0 Å². The molecule has 1 aromatic rings. The number of nitrogens with one attached hydrogen (secondary N) is 2. The lowest BCUT2D eigenvalue weighted by Gasteiger charge is -2.22. The standard InChI is InChI=1S/C12H17N5O3/c13-9-8(10(18)19)6-14-11(16-9)17-12(20)15-7-4-2-1-3-5-7/h6-7H,1-5H2,(H,18,19)(H4,13,14,15,16,17,20). The molecule has 0 aromatic carbocycles. The van der Waals surface area contributed by atoms with Crippen LogP contribution in [0.3, 0.4) is 0 Å². The molecule has 1 aliphatic rings. The van der Waals surface area contributed by atoms with Crippen molar-refractivity contribution in [3.05, 3.63) is 11.8 Å². The van der Waals surface area contributed by atoms with Crippen molar-refractivity contribution >= 4 is 23.8 Å². The van der Waals surface area contributed by atoms with Crippen LogP contribution in [0.2, 0.25) is 0 Å². The third kappa shape index (κ3) is 3.56. The molecule has 0 bridgehead atoms. The summed E-state index contributed by atoms with van der Waals surface area (Å²) in [4.78, 5) is 30.0. The number of carboxylic acid groups (broad SMARTS) is 1. The van der Waals surface area contributed by atoms with Crippen molar-refractivity contribution in [2.75, 3.05) is 11.1 Å². The maximum Gasteiger partial charge on any atom is 0.341 e. The average molecular weight is 279 g/mol. The van der Waals surface area contributed by atoms with Gasteiger partial charge in [-0.2, -0.15) is 4.98 Å². The molecular weight excluding hydrogens is 262 g/mol. The summed E-state index contributed by atoms with van der Waals surface area (Å²) in [6.45, 7) is 0. The van der Waals surface area contributed by atoms with E-state index in [-0.39, 0.29) is 23.4 Å². The number of rotatable bonds is 3. The zero-order valence-electron chi connectivity index (χ0n) is 10.9. The Morgan fingerprint density at radius 1 is 1.30 bits per heavy atom. The van der Waals surface area contributed by atoms with Gasteiger partial charge in [-0.1, -0.05) is 19.3 Å².